The van der Waals surface area contributed by atoms with E-state index < -0.39 is 6.04 Å². The van der Waals surface area contributed by atoms with Gasteiger partial charge in [0.1, 0.15) is 6.04 Å². The minimum Gasteiger partial charge on any atom is -0.323 e. The van der Waals surface area contributed by atoms with Gasteiger partial charge in [-0.15, -0.1) is 0 Å². The fourth-order valence-corrected chi connectivity index (χ4v) is 3.52. The summed E-state index contributed by atoms with van der Waals surface area (Å²) in [5.41, 5.74) is 3.89. The summed E-state index contributed by atoms with van der Waals surface area (Å²) in [6, 6.07) is 15.1. The zero-order valence-corrected chi connectivity index (χ0v) is 13.0. The van der Waals surface area contributed by atoms with Gasteiger partial charge in [0, 0.05) is 24.3 Å². The number of benzene rings is 2. The highest BCUT2D eigenvalue weighted by molar-refractivity contribution is 6.04. The molecule has 2 heterocycles. The van der Waals surface area contributed by atoms with Crippen LogP contribution in [0, 0.1) is 0 Å². The molecule has 0 unspecified atom stereocenters. The van der Waals surface area contributed by atoms with E-state index in [1.807, 2.05) is 54.3 Å². The largest absolute Gasteiger partial charge is 0.323 e. The lowest BCUT2D eigenvalue weighted by Crippen LogP contribution is -2.46. The van der Waals surface area contributed by atoms with Crippen LogP contribution in [0.5, 0.6) is 0 Å². The zero-order valence-electron chi connectivity index (χ0n) is 13.0. The highest BCUT2D eigenvalue weighted by atomic mass is 16.2. The average molecular weight is 306 g/mol. The summed E-state index contributed by atoms with van der Waals surface area (Å²) in [6.45, 7) is 3.03. The third kappa shape index (κ3) is 2.13. The maximum absolute atomic E-state index is 12.9. The van der Waals surface area contributed by atoms with E-state index in [0.717, 1.165) is 17.7 Å². The second kappa shape index (κ2) is 5.23. The average Bonchev–Trinajstić information content (AvgIpc) is 3.16. The standard InChI is InChI=1S/C19H18N2O2/c1-13(21-12-15-7-2-4-8-16(15)19(21)23)18(22)20-11-10-14-6-3-5-9-17(14)20/h2-9,13H,10-12H2,1H3/t13-/m1/s1. The molecule has 2 aliphatic rings. The van der Waals surface area contributed by atoms with Crippen molar-refractivity contribution >= 4 is 17.5 Å². The zero-order chi connectivity index (χ0) is 16.0. The topological polar surface area (TPSA) is 40.6 Å². The lowest BCUT2D eigenvalue weighted by Gasteiger charge is -2.28. The summed E-state index contributed by atoms with van der Waals surface area (Å²) in [7, 11) is 0. The predicted molar refractivity (Wildman–Crippen MR) is 88.3 cm³/mol. The number of hydrogen-bond donors (Lipinski definition) is 0. The van der Waals surface area contributed by atoms with Crippen molar-refractivity contribution in [2.24, 2.45) is 0 Å². The van der Waals surface area contributed by atoms with Gasteiger partial charge in [-0.25, -0.2) is 0 Å². The molecule has 2 amide bonds. The minimum atomic E-state index is -0.457. The van der Waals surface area contributed by atoms with Crippen molar-refractivity contribution < 1.29 is 9.59 Å². The molecule has 4 heteroatoms. The van der Waals surface area contributed by atoms with Gasteiger partial charge in [0.25, 0.3) is 5.91 Å². The second-order valence-corrected chi connectivity index (χ2v) is 6.13. The van der Waals surface area contributed by atoms with Crippen LogP contribution in [0.1, 0.15) is 28.4 Å². The van der Waals surface area contributed by atoms with Crippen LogP contribution in [0.3, 0.4) is 0 Å². The maximum atomic E-state index is 12.9. The van der Waals surface area contributed by atoms with E-state index >= 15 is 0 Å². The molecule has 0 saturated carbocycles. The number of carbonyl (C=O) groups excluding carboxylic acids is 2. The Morgan fingerprint density at radius 2 is 1.74 bits per heavy atom. The minimum absolute atomic E-state index is 0.00361. The Bertz CT molecular complexity index is 799. The number of rotatable bonds is 2. The van der Waals surface area contributed by atoms with E-state index in [2.05, 4.69) is 6.07 Å². The number of amides is 2. The number of anilines is 1. The Labute approximate surface area is 135 Å². The van der Waals surface area contributed by atoms with Gasteiger partial charge in [0.2, 0.25) is 5.91 Å². The molecule has 0 bridgehead atoms. The first-order chi connectivity index (χ1) is 11.2. The van der Waals surface area contributed by atoms with E-state index in [1.165, 1.54) is 5.56 Å². The van der Waals surface area contributed by atoms with Crippen LogP contribution in [0.25, 0.3) is 0 Å². The molecular formula is C19H18N2O2. The third-order valence-corrected chi connectivity index (χ3v) is 4.83. The quantitative estimate of drug-likeness (QED) is 0.856. The maximum Gasteiger partial charge on any atom is 0.255 e. The molecular weight excluding hydrogens is 288 g/mol. The molecule has 23 heavy (non-hydrogen) atoms. The summed E-state index contributed by atoms with van der Waals surface area (Å²) in [4.78, 5) is 29.0. The number of para-hydroxylation sites is 1. The van der Waals surface area contributed by atoms with Gasteiger partial charge in [-0.2, -0.15) is 0 Å². The molecule has 0 aromatic heterocycles. The summed E-state index contributed by atoms with van der Waals surface area (Å²) < 4.78 is 0. The van der Waals surface area contributed by atoms with E-state index in [1.54, 1.807) is 4.90 Å². The second-order valence-electron chi connectivity index (χ2n) is 6.13. The van der Waals surface area contributed by atoms with Gasteiger partial charge in [0.15, 0.2) is 0 Å². The molecule has 0 fully saturated rings. The summed E-state index contributed by atoms with van der Waals surface area (Å²) in [6.07, 6.45) is 0.878. The molecule has 0 N–H and O–H groups in total. The summed E-state index contributed by atoms with van der Waals surface area (Å²) in [5.74, 6) is -0.0509. The van der Waals surface area contributed by atoms with Crippen LogP contribution in [-0.2, 0) is 17.8 Å². The molecule has 0 spiro atoms. The highest BCUT2D eigenvalue weighted by Gasteiger charge is 2.37. The van der Waals surface area contributed by atoms with Gasteiger partial charge >= 0.3 is 0 Å². The Morgan fingerprint density at radius 3 is 2.52 bits per heavy atom. The van der Waals surface area contributed by atoms with Crippen LogP contribution in [0.15, 0.2) is 48.5 Å². The summed E-state index contributed by atoms with van der Waals surface area (Å²) in [5, 5.41) is 0. The monoisotopic (exact) mass is 306 g/mol. The molecule has 2 aliphatic heterocycles. The van der Waals surface area contributed by atoms with Crippen molar-refractivity contribution in [3.8, 4) is 0 Å². The van der Waals surface area contributed by atoms with Crippen molar-refractivity contribution in [2.45, 2.75) is 25.9 Å². The van der Waals surface area contributed by atoms with E-state index in [9.17, 15) is 9.59 Å². The van der Waals surface area contributed by atoms with Crippen LogP contribution in [0.2, 0.25) is 0 Å². The van der Waals surface area contributed by atoms with Crippen LogP contribution >= 0.6 is 0 Å². The fraction of sp³-hybridized carbons (Fsp3) is 0.263. The molecule has 4 rings (SSSR count). The van der Waals surface area contributed by atoms with Gasteiger partial charge < -0.3 is 9.80 Å². The Hall–Kier alpha value is -2.62. The first-order valence-corrected chi connectivity index (χ1v) is 7.95. The molecule has 0 saturated heterocycles. The molecule has 0 aliphatic carbocycles. The first-order valence-electron chi connectivity index (χ1n) is 7.95. The molecule has 4 nitrogen and oxygen atoms in total. The van der Waals surface area contributed by atoms with Gasteiger partial charge in [-0.05, 0) is 36.6 Å². The number of hydrogen-bond acceptors (Lipinski definition) is 2. The molecule has 1 atom stereocenters. The van der Waals surface area contributed by atoms with Crippen LogP contribution in [-0.4, -0.2) is 29.3 Å². The van der Waals surface area contributed by atoms with Crippen molar-refractivity contribution in [1.82, 2.24) is 4.90 Å². The fourth-order valence-electron chi connectivity index (χ4n) is 3.52. The van der Waals surface area contributed by atoms with E-state index in [0.29, 0.717) is 18.7 Å². The van der Waals surface area contributed by atoms with Gasteiger partial charge in [-0.1, -0.05) is 36.4 Å². The van der Waals surface area contributed by atoms with Crippen molar-refractivity contribution in [2.75, 3.05) is 11.4 Å². The Balaban J connectivity index is 1.58. The van der Waals surface area contributed by atoms with Crippen molar-refractivity contribution in [3.63, 3.8) is 0 Å². The SMILES string of the molecule is C[C@H](C(=O)N1CCc2ccccc21)N1Cc2ccccc2C1=O. The molecule has 116 valence electrons. The molecule has 2 aromatic rings. The number of nitrogens with zero attached hydrogens (tertiary/aromatic N) is 2. The normalized spacial score (nSPS) is 17.2. The van der Waals surface area contributed by atoms with Crippen molar-refractivity contribution in [1.29, 1.82) is 0 Å². The predicted octanol–water partition coefficient (Wildman–Crippen LogP) is 2.62. The first kappa shape index (κ1) is 14.0. The third-order valence-electron chi connectivity index (χ3n) is 4.83. The lowest BCUT2D eigenvalue weighted by molar-refractivity contribution is -0.122. The molecule has 0 radical (unpaired) electrons. The van der Waals surface area contributed by atoms with Gasteiger partial charge in [-0.3, -0.25) is 9.59 Å². The van der Waals surface area contributed by atoms with Crippen LogP contribution < -0.4 is 4.90 Å². The van der Waals surface area contributed by atoms with E-state index in [-0.39, 0.29) is 11.8 Å². The number of carbonyl (C=O) groups is 2. The lowest BCUT2D eigenvalue weighted by atomic mass is 10.1. The van der Waals surface area contributed by atoms with Gasteiger partial charge in [0.05, 0.1) is 0 Å². The van der Waals surface area contributed by atoms with Crippen LogP contribution in [0.4, 0.5) is 5.69 Å². The van der Waals surface area contributed by atoms with E-state index in [4.69, 9.17) is 0 Å². The Morgan fingerprint density at radius 1 is 1.04 bits per heavy atom. The molecule has 2 aromatic carbocycles. The summed E-state index contributed by atoms with van der Waals surface area (Å²) >= 11 is 0. The smallest absolute Gasteiger partial charge is 0.255 e. The number of fused-ring (bicyclic) bond motifs is 2. The van der Waals surface area contributed by atoms with Crippen molar-refractivity contribution in [3.05, 3.63) is 65.2 Å². The Kier molecular flexibility index (Phi) is 3.18. The highest BCUT2D eigenvalue weighted by Crippen LogP contribution is 2.30.